The molecule has 0 saturated carbocycles. The molecular weight excluding hydrogens is 222 g/mol. The molecule has 1 aliphatic rings. The van der Waals surface area contributed by atoms with Crippen molar-refractivity contribution in [1.82, 2.24) is 4.98 Å². The maximum atomic E-state index is 5.46. The molecule has 1 aromatic carbocycles. The van der Waals surface area contributed by atoms with Crippen LogP contribution in [0.1, 0.15) is 39.2 Å². The molecule has 3 rings (SSSR count). The number of fused-ring (bicyclic) bond motifs is 1. The smallest absolute Gasteiger partial charge is 0.182 e. The van der Waals surface area contributed by atoms with Crippen LogP contribution in [0.5, 0.6) is 0 Å². The van der Waals surface area contributed by atoms with Crippen LogP contribution in [0.4, 0.5) is 0 Å². The fourth-order valence-electron chi connectivity index (χ4n) is 2.15. The Labute approximate surface area is 108 Å². The van der Waals surface area contributed by atoms with Gasteiger partial charge in [0.1, 0.15) is 5.52 Å². The van der Waals surface area contributed by atoms with Crippen LogP contribution in [-0.2, 0) is 0 Å². The van der Waals surface area contributed by atoms with Crippen molar-refractivity contribution in [2.24, 2.45) is 0 Å². The number of oxazole rings is 1. The largest absolute Gasteiger partial charge is 0.443 e. The summed E-state index contributed by atoms with van der Waals surface area (Å²) >= 11 is 0. The molecule has 1 heterocycles. The third-order valence-electron chi connectivity index (χ3n) is 2.97. The maximum Gasteiger partial charge on any atom is 0.182 e. The number of rotatable bonds is 1. The molecule has 0 fully saturated rings. The van der Waals surface area contributed by atoms with Gasteiger partial charge in [-0.25, -0.2) is 4.98 Å². The van der Waals surface area contributed by atoms with E-state index in [1.54, 1.807) is 0 Å². The molecule has 94 valence electrons. The zero-order valence-electron chi connectivity index (χ0n) is 11.2. The average Bonchev–Trinajstić information content (AvgIpc) is 2.89. The van der Waals surface area contributed by atoms with Crippen LogP contribution in [0.2, 0.25) is 0 Å². The summed E-state index contributed by atoms with van der Waals surface area (Å²) in [5.74, 6) is 0. The summed E-state index contributed by atoms with van der Waals surface area (Å²) in [4.78, 5) is 4.18. The normalized spacial score (nSPS) is 14.6. The summed E-state index contributed by atoms with van der Waals surface area (Å²) in [6.45, 7) is 6.17. The Balaban J connectivity index is 0.000000574. The third-order valence-corrected chi connectivity index (χ3v) is 2.97. The molecule has 2 aromatic rings. The molecule has 0 spiro atoms. The standard InChI is InChI=1S/C14H13NO.C2H6/c1-10-4-2-5-11(8-10)12-6-3-7-13-14(12)16-9-15-13;1-2/h3,5-9H,2,4H2,1H3;1-2H3. The third kappa shape index (κ3) is 2.37. The molecule has 2 nitrogen and oxygen atoms in total. The molecule has 0 amide bonds. The number of hydrogen-bond acceptors (Lipinski definition) is 2. The van der Waals surface area contributed by atoms with Gasteiger partial charge in [0.2, 0.25) is 0 Å². The van der Waals surface area contributed by atoms with E-state index in [1.807, 2.05) is 26.0 Å². The first-order chi connectivity index (χ1) is 8.84. The molecule has 0 atom stereocenters. The summed E-state index contributed by atoms with van der Waals surface area (Å²) in [5.41, 5.74) is 5.64. The van der Waals surface area contributed by atoms with Crippen molar-refractivity contribution in [1.29, 1.82) is 0 Å². The molecule has 0 N–H and O–H groups in total. The lowest BCUT2D eigenvalue weighted by molar-refractivity contribution is 0.601. The highest BCUT2D eigenvalue weighted by molar-refractivity contribution is 5.91. The van der Waals surface area contributed by atoms with Gasteiger partial charge in [-0.05, 0) is 31.4 Å². The van der Waals surface area contributed by atoms with Crippen molar-refractivity contribution in [3.8, 4) is 0 Å². The van der Waals surface area contributed by atoms with Crippen molar-refractivity contribution >= 4 is 16.7 Å². The van der Waals surface area contributed by atoms with Crippen molar-refractivity contribution < 1.29 is 4.42 Å². The fraction of sp³-hybridized carbons (Fsp3) is 0.312. The van der Waals surface area contributed by atoms with E-state index in [0.29, 0.717) is 0 Å². The van der Waals surface area contributed by atoms with Gasteiger partial charge in [-0.1, -0.05) is 43.7 Å². The Kier molecular flexibility index (Phi) is 3.98. The number of hydrogen-bond donors (Lipinski definition) is 0. The van der Waals surface area contributed by atoms with Crippen LogP contribution in [0.3, 0.4) is 0 Å². The Morgan fingerprint density at radius 2 is 2.06 bits per heavy atom. The van der Waals surface area contributed by atoms with E-state index in [2.05, 4.69) is 30.1 Å². The van der Waals surface area contributed by atoms with Crippen LogP contribution in [0.25, 0.3) is 16.7 Å². The Morgan fingerprint density at radius 3 is 2.83 bits per heavy atom. The predicted octanol–water partition coefficient (Wildman–Crippen LogP) is 4.98. The summed E-state index contributed by atoms with van der Waals surface area (Å²) < 4.78 is 5.46. The minimum atomic E-state index is 0.889. The van der Waals surface area contributed by atoms with Crippen LogP contribution < -0.4 is 0 Å². The molecule has 0 aliphatic heterocycles. The lowest BCUT2D eigenvalue weighted by Gasteiger charge is -2.10. The van der Waals surface area contributed by atoms with Gasteiger partial charge in [0.05, 0.1) is 0 Å². The van der Waals surface area contributed by atoms with Crippen LogP contribution >= 0.6 is 0 Å². The fourth-order valence-corrected chi connectivity index (χ4v) is 2.15. The lowest BCUT2D eigenvalue weighted by Crippen LogP contribution is -1.90. The topological polar surface area (TPSA) is 26.0 Å². The Hall–Kier alpha value is -1.83. The first-order valence-corrected chi connectivity index (χ1v) is 6.54. The zero-order valence-corrected chi connectivity index (χ0v) is 11.2. The van der Waals surface area contributed by atoms with Gasteiger partial charge in [-0.3, -0.25) is 0 Å². The molecule has 0 unspecified atom stereocenters. The lowest BCUT2D eigenvalue weighted by atomic mass is 9.95. The molecule has 1 aromatic heterocycles. The Morgan fingerprint density at radius 1 is 1.22 bits per heavy atom. The molecule has 1 aliphatic carbocycles. The summed E-state index contributed by atoms with van der Waals surface area (Å²) in [6, 6.07) is 6.09. The van der Waals surface area contributed by atoms with Crippen LogP contribution in [0.15, 0.2) is 46.7 Å². The Bertz CT molecular complexity index is 590. The number of nitrogens with zero attached hydrogens (tertiary/aromatic N) is 1. The van der Waals surface area contributed by atoms with E-state index in [4.69, 9.17) is 4.42 Å². The monoisotopic (exact) mass is 241 g/mol. The number of allylic oxidation sites excluding steroid dienone is 4. The van der Waals surface area contributed by atoms with Gasteiger partial charge in [-0.15, -0.1) is 0 Å². The van der Waals surface area contributed by atoms with Crippen LogP contribution in [0, 0.1) is 0 Å². The van der Waals surface area contributed by atoms with Crippen molar-refractivity contribution in [3.05, 3.63) is 47.9 Å². The highest BCUT2D eigenvalue weighted by Gasteiger charge is 2.10. The predicted molar refractivity (Wildman–Crippen MR) is 76.3 cm³/mol. The number of aromatic nitrogens is 1. The SMILES string of the molecule is CC.CC1=CC(c2cccc3ncoc23)=CCC1. The van der Waals surface area contributed by atoms with Gasteiger partial charge in [0.25, 0.3) is 0 Å². The van der Waals surface area contributed by atoms with Crippen molar-refractivity contribution in [2.75, 3.05) is 0 Å². The second kappa shape index (κ2) is 5.67. The number of benzene rings is 1. The molecule has 18 heavy (non-hydrogen) atoms. The van der Waals surface area contributed by atoms with Crippen molar-refractivity contribution in [2.45, 2.75) is 33.6 Å². The van der Waals surface area contributed by atoms with E-state index in [0.717, 1.165) is 29.5 Å². The number of para-hydroxylation sites is 1. The summed E-state index contributed by atoms with van der Waals surface area (Å²) in [7, 11) is 0. The minimum Gasteiger partial charge on any atom is -0.443 e. The molecule has 2 heteroatoms. The van der Waals surface area contributed by atoms with Gasteiger partial charge < -0.3 is 4.42 Å². The van der Waals surface area contributed by atoms with E-state index in [-0.39, 0.29) is 0 Å². The first kappa shape index (κ1) is 12.6. The maximum absolute atomic E-state index is 5.46. The molecule has 0 radical (unpaired) electrons. The molecule has 0 bridgehead atoms. The quantitative estimate of drug-likeness (QED) is 0.704. The second-order valence-corrected chi connectivity index (χ2v) is 4.20. The zero-order chi connectivity index (χ0) is 13.0. The van der Waals surface area contributed by atoms with E-state index in [9.17, 15) is 0 Å². The highest BCUT2D eigenvalue weighted by atomic mass is 16.3. The first-order valence-electron chi connectivity index (χ1n) is 6.54. The van der Waals surface area contributed by atoms with Gasteiger partial charge in [-0.2, -0.15) is 0 Å². The average molecular weight is 241 g/mol. The van der Waals surface area contributed by atoms with E-state index in [1.165, 1.54) is 17.5 Å². The van der Waals surface area contributed by atoms with Crippen molar-refractivity contribution in [3.63, 3.8) is 0 Å². The molecular formula is C16H19NO. The minimum absolute atomic E-state index is 0.889. The van der Waals surface area contributed by atoms with E-state index >= 15 is 0 Å². The molecule has 0 saturated heterocycles. The summed E-state index contributed by atoms with van der Waals surface area (Å²) in [6.07, 6.45) is 8.29. The van der Waals surface area contributed by atoms with Gasteiger partial charge >= 0.3 is 0 Å². The van der Waals surface area contributed by atoms with Gasteiger partial charge in [0, 0.05) is 5.56 Å². The second-order valence-electron chi connectivity index (χ2n) is 4.20. The van der Waals surface area contributed by atoms with Gasteiger partial charge in [0.15, 0.2) is 12.0 Å². The van der Waals surface area contributed by atoms with Crippen LogP contribution in [-0.4, -0.2) is 4.98 Å². The summed E-state index contributed by atoms with van der Waals surface area (Å²) in [5, 5.41) is 0. The highest BCUT2D eigenvalue weighted by Crippen LogP contribution is 2.29. The van der Waals surface area contributed by atoms with E-state index < -0.39 is 0 Å².